The topological polar surface area (TPSA) is 18.5 Å². The van der Waals surface area contributed by atoms with Crippen LogP contribution >= 0.6 is 0 Å². The first-order valence-electron chi connectivity index (χ1n) is 6.66. The first-order valence-corrected chi connectivity index (χ1v) is 6.66. The van der Waals surface area contributed by atoms with Crippen molar-refractivity contribution in [1.82, 2.24) is 0 Å². The Morgan fingerprint density at radius 3 is 2.38 bits per heavy atom. The number of rotatable bonds is 3. The standard InChI is InChI=1S/C14H24O2/c1-12(2)4-3-5-13-6-8-14(9-7-13)15-10-11-16-14/h5,12H,3-4,6-11H2,1-2H3. The summed E-state index contributed by atoms with van der Waals surface area (Å²) in [6.07, 6.45) is 9.43. The molecule has 1 saturated carbocycles. The number of allylic oxidation sites excluding steroid dienone is 2. The van der Waals surface area contributed by atoms with Crippen molar-refractivity contribution >= 4 is 0 Å². The van der Waals surface area contributed by atoms with E-state index >= 15 is 0 Å². The van der Waals surface area contributed by atoms with E-state index in [0.29, 0.717) is 0 Å². The zero-order valence-corrected chi connectivity index (χ0v) is 10.6. The Balaban J connectivity index is 1.76. The van der Waals surface area contributed by atoms with Crippen LogP contribution in [0.5, 0.6) is 0 Å². The SMILES string of the molecule is CC(C)CCC=C1CCC2(CC1)OCCO2. The molecule has 0 N–H and O–H groups in total. The van der Waals surface area contributed by atoms with E-state index in [1.165, 1.54) is 12.8 Å². The normalized spacial score (nSPS) is 24.3. The lowest BCUT2D eigenvalue weighted by molar-refractivity contribution is -0.171. The average molecular weight is 224 g/mol. The lowest BCUT2D eigenvalue weighted by Gasteiger charge is -2.32. The van der Waals surface area contributed by atoms with Crippen LogP contribution in [0.1, 0.15) is 52.4 Å². The van der Waals surface area contributed by atoms with Gasteiger partial charge in [-0.1, -0.05) is 25.5 Å². The van der Waals surface area contributed by atoms with Crippen LogP contribution in [0.25, 0.3) is 0 Å². The van der Waals surface area contributed by atoms with Crippen molar-refractivity contribution in [3.63, 3.8) is 0 Å². The van der Waals surface area contributed by atoms with Crippen LogP contribution in [-0.2, 0) is 9.47 Å². The van der Waals surface area contributed by atoms with Gasteiger partial charge in [-0.25, -0.2) is 0 Å². The van der Waals surface area contributed by atoms with Crippen molar-refractivity contribution in [2.75, 3.05) is 13.2 Å². The summed E-state index contributed by atoms with van der Waals surface area (Å²) in [6.45, 7) is 6.14. The Labute approximate surface area is 99.0 Å². The Hall–Kier alpha value is -0.340. The highest BCUT2D eigenvalue weighted by Crippen LogP contribution is 2.38. The van der Waals surface area contributed by atoms with Crippen LogP contribution in [0.15, 0.2) is 11.6 Å². The van der Waals surface area contributed by atoms with Gasteiger partial charge in [-0.15, -0.1) is 0 Å². The minimum absolute atomic E-state index is 0.199. The summed E-state index contributed by atoms with van der Waals surface area (Å²) in [5.41, 5.74) is 1.62. The maximum atomic E-state index is 5.72. The summed E-state index contributed by atoms with van der Waals surface area (Å²) < 4.78 is 11.4. The van der Waals surface area contributed by atoms with Crippen molar-refractivity contribution in [3.05, 3.63) is 11.6 Å². The van der Waals surface area contributed by atoms with Crippen molar-refractivity contribution in [3.8, 4) is 0 Å². The summed E-state index contributed by atoms with van der Waals surface area (Å²) in [6, 6.07) is 0. The smallest absolute Gasteiger partial charge is 0.169 e. The molecule has 0 aromatic rings. The van der Waals surface area contributed by atoms with Gasteiger partial charge in [0, 0.05) is 12.8 Å². The Morgan fingerprint density at radius 2 is 1.81 bits per heavy atom. The van der Waals surface area contributed by atoms with E-state index in [4.69, 9.17) is 9.47 Å². The van der Waals surface area contributed by atoms with Gasteiger partial charge < -0.3 is 9.47 Å². The summed E-state index contributed by atoms with van der Waals surface area (Å²) in [5.74, 6) is 0.614. The molecular formula is C14H24O2. The highest BCUT2D eigenvalue weighted by atomic mass is 16.7. The lowest BCUT2D eigenvalue weighted by atomic mass is 9.88. The van der Waals surface area contributed by atoms with Gasteiger partial charge in [0.1, 0.15) is 0 Å². The second-order valence-corrected chi connectivity index (χ2v) is 5.44. The zero-order chi connectivity index (χ0) is 11.4. The predicted molar refractivity (Wildman–Crippen MR) is 65.3 cm³/mol. The highest BCUT2D eigenvalue weighted by molar-refractivity contribution is 5.07. The predicted octanol–water partition coefficient (Wildman–Crippen LogP) is 3.67. The van der Waals surface area contributed by atoms with Crippen molar-refractivity contribution in [2.45, 2.75) is 58.2 Å². The minimum Gasteiger partial charge on any atom is -0.348 e. The molecule has 2 aliphatic rings. The third kappa shape index (κ3) is 3.08. The van der Waals surface area contributed by atoms with Crippen molar-refractivity contribution in [1.29, 1.82) is 0 Å². The first-order chi connectivity index (χ1) is 7.70. The molecule has 0 atom stereocenters. The summed E-state index contributed by atoms with van der Waals surface area (Å²) in [5, 5.41) is 0. The van der Waals surface area contributed by atoms with Gasteiger partial charge in [-0.3, -0.25) is 0 Å². The van der Waals surface area contributed by atoms with Gasteiger partial charge in [-0.05, 0) is 31.6 Å². The van der Waals surface area contributed by atoms with Gasteiger partial charge in [0.15, 0.2) is 5.79 Å². The molecule has 92 valence electrons. The second kappa shape index (κ2) is 5.33. The Bertz CT molecular complexity index is 237. The van der Waals surface area contributed by atoms with Crippen LogP contribution in [0.2, 0.25) is 0 Å². The molecule has 1 spiro atoms. The van der Waals surface area contributed by atoms with Gasteiger partial charge in [0.2, 0.25) is 0 Å². The molecule has 1 saturated heterocycles. The fraction of sp³-hybridized carbons (Fsp3) is 0.857. The van der Waals surface area contributed by atoms with Gasteiger partial charge in [-0.2, -0.15) is 0 Å². The minimum atomic E-state index is -0.199. The fourth-order valence-electron chi connectivity index (χ4n) is 2.56. The van der Waals surface area contributed by atoms with E-state index in [0.717, 1.165) is 44.8 Å². The molecule has 0 radical (unpaired) electrons. The number of ether oxygens (including phenoxy) is 2. The Kier molecular flexibility index (Phi) is 4.04. The van der Waals surface area contributed by atoms with Crippen LogP contribution in [-0.4, -0.2) is 19.0 Å². The molecule has 1 heterocycles. The fourth-order valence-corrected chi connectivity index (χ4v) is 2.56. The summed E-state index contributed by atoms with van der Waals surface area (Å²) in [7, 11) is 0. The molecule has 1 aliphatic heterocycles. The van der Waals surface area contributed by atoms with Crippen LogP contribution < -0.4 is 0 Å². The van der Waals surface area contributed by atoms with E-state index in [1.807, 2.05) is 0 Å². The highest BCUT2D eigenvalue weighted by Gasteiger charge is 2.38. The van der Waals surface area contributed by atoms with Gasteiger partial charge >= 0.3 is 0 Å². The molecule has 0 aromatic carbocycles. The van der Waals surface area contributed by atoms with Crippen LogP contribution in [0, 0.1) is 5.92 Å². The zero-order valence-electron chi connectivity index (χ0n) is 10.6. The molecular weight excluding hydrogens is 200 g/mol. The lowest BCUT2D eigenvalue weighted by Crippen LogP contribution is -2.33. The van der Waals surface area contributed by atoms with Crippen LogP contribution in [0.4, 0.5) is 0 Å². The van der Waals surface area contributed by atoms with E-state index in [2.05, 4.69) is 19.9 Å². The molecule has 2 fully saturated rings. The third-order valence-electron chi connectivity index (χ3n) is 3.64. The van der Waals surface area contributed by atoms with Crippen molar-refractivity contribution in [2.24, 2.45) is 5.92 Å². The molecule has 0 amide bonds. The van der Waals surface area contributed by atoms with E-state index < -0.39 is 0 Å². The molecule has 1 aliphatic carbocycles. The molecule has 2 heteroatoms. The number of hydrogen-bond acceptors (Lipinski definition) is 2. The van der Waals surface area contributed by atoms with E-state index in [1.54, 1.807) is 5.57 Å². The van der Waals surface area contributed by atoms with E-state index in [-0.39, 0.29) is 5.79 Å². The Morgan fingerprint density at radius 1 is 1.19 bits per heavy atom. The molecule has 2 rings (SSSR count). The third-order valence-corrected chi connectivity index (χ3v) is 3.64. The van der Waals surface area contributed by atoms with Crippen LogP contribution in [0.3, 0.4) is 0 Å². The maximum Gasteiger partial charge on any atom is 0.169 e. The first kappa shape index (κ1) is 12.1. The molecule has 0 aromatic heterocycles. The average Bonchev–Trinajstić information content (AvgIpc) is 2.70. The van der Waals surface area contributed by atoms with E-state index in [9.17, 15) is 0 Å². The molecule has 2 nitrogen and oxygen atoms in total. The molecule has 0 unspecified atom stereocenters. The maximum absolute atomic E-state index is 5.72. The second-order valence-electron chi connectivity index (χ2n) is 5.44. The van der Waals surface area contributed by atoms with Crippen molar-refractivity contribution < 1.29 is 9.47 Å². The monoisotopic (exact) mass is 224 g/mol. The summed E-state index contributed by atoms with van der Waals surface area (Å²) >= 11 is 0. The summed E-state index contributed by atoms with van der Waals surface area (Å²) in [4.78, 5) is 0. The van der Waals surface area contributed by atoms with Gasteiger partial charge in [0.25, 0.3) is 0 Å². The quantitative estimate of drug-likeness (QED) is 0.681. The molecule has 16 heavy (non-hydrogen) atoms. The van der Waals surface area contributed by atoms with Gasteiger partial charge in [0.05, 0.1) is 13.2 Å². The molecule has 0 bridgehead atoms. The largest absolute Gasteiger partial charge is 0.348 e. The number of hydrogen-bond donors (Lipinski definition) is 0.